The molecule has 2 rings (SSSR count). The number of aryl methyl sites for hydroxylation is 1. The molecular weight excluding hydrogens is 345 g/mol. The van der Waals surface area contributed by atoms with Gasteiger partial charge in [-0.05, 0) is 43.9 Å². The van der Waals surface area contributed by atoms with Gasteiger partial charge in [-0.15, -0.1) is 0 Å². The number of aromatic nitrogens is 2. The Labute approximate surface area is 153 Å². The molecule has 0 aliphatic rings. The molecule has 0 saturated carbocycles. The van der Waals surface area contributed by atoms with Gasteiger partial charge < -0.3 is 5.32 Å². The summed E-state index contributed by atoms with van der Waals surface area (Å²) in [6, 6.07) is 5.19. The topological polar surface area (TPSA) is 46.9 Å². The Bertz CT molecular complexity index is 738. The lowest BCUT2D eigenvalue weighted by molar-refractivity contribution is -0.116. The van der Waals surface area contributed by atoms with Crippen LogP contribution in [0.5, 0.6) is 0 Å². The second-order valence-electron chi connectivity index (χ2n) is 6.37. The Morgan fingerprint density at radius 3 is 2.67 bits per heavy atom. The maximum absolute atomic E-state index is 12.2. The highest BCUT2D eigenvalue weighted by atomic mass is 35.5. The van der Waals surface area contributed by atoms with E-state index in [0.717, 1.165) is 23.5 Å². The number of hydrogen-bond acceptors (Lipinski definition) is 2. The van der Waals surface area contributed by atoms with E-state index in [-0.39, 0.29) is 5.91 Å². The van der Waals surface area contributed by atoms with Crippen LogP contribution in [0.15, 0.2) is 18.2 Å². The Hall–Kier alpha value is -1.52. The Morgan fingerprint density at radius 1 is 1.29 bits per heavy atom. The van der Waals surface area contributed by atoms with Gasteiger partial charge in [0.05, 0.1) is 21.4 Å². The molecule has 1 heterocycles. The molecule has 1 aromatic heterocycles. The fraction of sp³-hybridized carbons (Fsp3) is 0.444. The molecule has 1 amide bonds. The molecule has 0 unspecified atom stereocenters. The first-order valence-electron chi connectivity index (χ1n) is 8.06. The first-order chi connectivity index (χ1) is 11.3. The lowest BCUT2D eigenvalue weighted by atomic mass is 10.1. The average molecular weight is 368 g/mol. The van der Waals surface area contributed by atoms with E-state index in [4.69, 9.17) is 23.2 Å². The molecule has 6 heteroatoms. The quantitative estimate of drug-likeness (QED) is 0.777. The molecule has 0 aliphatic heterocycles. The monoisotopic (exact) mass is 367 g/mol. The van der Waals surface area contributed by atoms with Gasteiger partial charge in [-0.2, -0.15) is 5.10 Å². The standard InChI is InChI=1S/C18H23Cl2N3O/c1-11(2)10-23-13(4)14(12(3)22-23)8-9-17(24)21-16-7-5-6-15(19)18(16)20/h5-7,11H,8-10H2,1-4H3,(H,21,24). The van der Waals surface area contributed by atoms with Crippen LogP contribution >= 0.6 is 23.2 Å². The van der Waals surface area contributed by atoms with E-state index >= 15 is 0 Å². The molecule has 130 valence electrons. The van der Waals surface area contributed by atoms with Crippen molar-refractivity contribution in [3.05, 3.63) is 45.2 Å². The first kappa shape index (κ1) is 18.8. The van der Waals surface area contributed by atoms with E-state index in [1.54, 1.807) is 18.2 Å². The number of carbonyl (C=O) groups excluding carboxylic acids is 1. The molecule has 0 saturated heterocycles. The molecule has 0 fully saturated rings. The van der Waals surface area contributed by atoms with E-state index in [2.05, 4.69) is 31.2 Å². The van der Waals surface area contributed by atoms with Gasteiger partial charge in [-0.1, -0.05) is 43.1 Å². The minimum atomic E-state index is -0.0884. The molecule has 4 nitrogen and oxygen atoms in total. The largest absolute Gasteiger partial charge is 0.325 e. The van der Waals surface area contributed by atoms with Crippen molar-refractivity contribution in [2.45, 2.75) is 47.1 Å². The van der Waals surface area contributed by atoms with Crippen molar-refractivity contribution >= 4 is 34.8 Å². The summed E-state index contributed by atoms with van der Waals surface area (Å²) in [5.74, 6) is 0.443. The third kappa shape index (κ3) is 4.52. The van der Waals surface area contributed by atoms with Crippen molar-refractivity contribution in [1.82, 2.24) is 9.78 Å². The zero-order valence-electron chi connectivity index (χ0n) is 14.5. The summed E-state index contributed by atoms with van der Waals surface area (Å²) < 4.78 is 2.03. The molecule has 1 N–H and O–H groups in total. The zero-order valence-corrected chi connectivity index (χ0v) is 16.0. The summed E-state index contributed by atoms with van der Waals surface area (Å²) >= 11 is 12.1. The molecule has 1 aromatic carbocycles. The summed E-state index contributed by atoms with van der Waals surface area (Å²) in [4.78, 5) is 12.2. The van der Waals surface area contributed by atoms with E-state index in [0.29, 0.717) is 34.5 Å². The van der Waals surface area contributed by atoms with Gasteiger partial charge in [0.2, 0.25) is 5.91 Å². The molecule has 2 aromatic rings. The lowest BCUT2D eigenvalue weighted by Gasteiger charge is -2.09. The van der Waals surface area contributed by atoms with Gasteiger partial charge in [0.25, 0.3) is 0 Å². The van der Waals surface area contributed by atoms with Crippen LogP contribution in [0, 0.1) is 19.8 Å². The Kier molecular flexibility index (Phi) is 6.30. The highest BCUT2D eigenvalue weighted by Crippen LogP contribution is 2.29. The van der Waals surface area contributed by atoms with Crippen molar-refractivity contribution in [3.8, 4) is 0 Å². The number of hydrogen-bond donors (Lipinski definition) is 1. The Balaban J connectivity index is 2.02. The van der Waals surface area contributed by atoms with Crippen LogP contribution in [-0.2, 0) is 17.8 Å². The van der Waals surface area contributed by atoms with E-state index in [1.165, 1.54) is 0 Å². The van der Waals surface area contributed by atoms with Gasteiger partial charge in [0.15, 0.2) is 0 Å². The number of halogens is 2. The van der Waals surface area contributed by atoms with E-state index < -0.39 is 0 Å². The zero-order chi connectivity index (χ0) is 17.9. The number of nitrogens with zero attached hydrogens (tertiary/aromatic N) is 2. The predicted octanol–water partition coefficient (Wildman–Crippen LogP) is 5.03. The van der Waals surface area contributed by atoms with Crippen LogP contribution in [0.1, 0.15) is 37.2 Å². The number of amides is 1. The van der Waals surface area contributed by atoms with Crippen molar-refractivity contribution < 1.29 is 4.79 Å². The van der Waals surface area contributed by atoms with Crippen LogP contribution in [0.25, 0.3) is 0 Å². The van der Waals surface area contributed by atoms with Crippen molar-refractivity contribution in [1.29, 1.82) is 0 Å². The molecule has 0 aliphatic carbocycles. The normalized spacial score (nSPS) is 11.1. The smallest absolute Gasteiger partial charge is 0.224 e. The minimum Gasteiger partial charge on any atom is -0.325 e. The van der Waals surface area contributed by atoms with E-state index in [1.807, 2.05) is 11.6 Å². The maximum atomic E-state index is 12.2. The third-order valence-corrected chi connectivity index (χ3v) is 4.72. The van der Waals surface area contributed by atoms with Crippen LogP contribution in [0.4, 0.5) is 5.69 Å². The summed E-state index contributed by atoms with van der Waals surface area (Å²) in [5, 5.41) is 8.19. The second-order valence-corrected chi connectivity index (χ2v) is 7.16. The summed E-state index contributed by atoms with van der Waals surface area (Å²) in [6.45, 7) is 9.27. The van der Waals surface area contributed by atoms with Crippen molar-refractivity contribution in [2.75, 3.05) is 5.32 Å². The maximum Gasteiger partial charge on any atom is 0.224 e. The summed E-state index contributed by atoms with van der Waals surface area (Å²) in [6.07, 6.45) is 1.03. The van der Waals surface area contributed by atoms with Gasteiger partial charge in [-0.25, -0.2) is 0 Å². The molecule has 0 spiro atoms. The second kappa shape index (κ2) is 8.04. The van der Waals surface area contributed by atoms with Crippen LogP contribution < -0.4 is 5.32 Å². The van der Waals surface area contributed by atoms with Crippen LogP contribution in [0.3, 0.4) is 0 Å². The number of rotatable bonds is 6. The summed E-state index contributed by atoms with van der Waals surface area (Å²) in [7, 11) is 0. The van der Waals surface area contributed by atoms with Gasteiger partial charge >= 0.3 is 0 Å². The molecule has 24 heavy (non-hydrogen) atoms. The lowest BCUT2D eigenvalue weighted by Crippen LogP contribution is -2.13. The number of carbonyl (C=O) groups is 1. The third-order valence-electron chi connectivity index (χ3n) is 3.90. The fourth-order valence-electron chi connectivity index (χ4n) is 2.67. The highest BCUT2D eigenvalue weighted by molar-refractivity contribution is 6.43. The van der Waals surface area contributed by atoms with Crippen LogP contribution in [-0.4, -0.2) is 15.7 Å². The molecule has 0 radical (unpaired) electrons. The predicted molar refractivity (Wildman–Crippen MR) is 100.0 cm³/mol. The van der Waals surface area contributed by atoms with E-state index in [9.17, 15) is 4.79 Å². The number of anilines is 1. The molecular formula is C18H23Cl2N3O. The molecule has 0 atom stereocenters. The minimum absolute atomic E-state index is 0.0884. The number of nitrogens with one attached hydrogen (secondary N) is 1. The molecule has 0 bridgehead atoms. The van der Waals surface area contributed by atoms with Gasteiger partial charge in [0.1, 0.15) is 0 Å². The number of benzene rings is 1. The SMILES string of the molecule is Cc1nn(CC(C)C)c(C)c1CCC(=O)Nc1cccc(Cl)c1Cl. The Morgan fingerprint density at radius 2 is 2.00 bits per heavy atom. The van der Waals surface area contributed by atoms with Gasteiger partial charge in [-0.3, -0.25) is 9.48 Å². The highest BCUT2D eigenvalue weighted by Gasteiger charge is 2.14. The van der Waals surface area contributed by atoms with Gasteiger partial charge in [0, 0.05) is 18.7 Å². The van der Waals surface area contributed by atoms with Crippen LogP contribution in [0.2, 0.25) is 10.0 Å². The average Bonchev–Trinajstić information content (AvgIpc) is 2.75. The van der Waals surface area contributed by atoms with Crippen molar-refractivity contribution in [3.63, 3.8) is 0 Å². The van der Waals surface area contributed by atoms with Crippen molar-refractivity contribution in [2.24, 2.45) is 5.92 Å². The fourth-order valence-corrected chi connectivity index (χ4v) is 3.02. The first-order valence-corrected chi connectivity index (χ1v) is 8.82. The summed E-state index contributed by atoms with van der Waals surface area (Å²) in [5.41, 5.74) is 3.80.